The largest absolute Gasteiger partial charge is 0.467 e. The third-order valence-electron chi connectivity index (χ3n) is 3.48. The van der Waals surface area contributed by atoms with Gasteiger partial charge in [-0.1, -0.05) is 6.07 Å². The predicted molar refractivity (Wildman–Crippen MR) is 88.8 cm³/mol. The van der Waals surface area contributed by atoms with Crippen molar-refractivity contribution in [3.63, 3.8) is 0 Å². The Balaban J connectivity index is 1.63. The van der Waals surface area contributed by atoms with Gasteiger partial charge in [-0.2, -0.15) is 13.2 Å². The molecule has 0 unspecified atom stereocenters. The van der Waals surface area contributed by atoms with Crippen LogP contribution in [0.3, 0.4) is 0 Å². The van der Waals surface area contributed by atoms with Crippen molar-refractivity contribution in [1.82, 2.24) is 10.3 Å². The van der Waals surface area contributed by atoms with Gasteiger partial charge in [-0.15, -0.1) is 0 Å². The summed E-state index contributed by atoms with van der Waals surface area (Å²) >= 11 is 0. The lowest BCUT2D eigenvalue weighted by atomic mass is 10.2. The number of anilines is 2. The normalized spacial score (nSPS) is 11.2. The quantitative estimate of drug-likeness (QED) is 0.708. The molecular formula is C18H14F3N3O2. The fourth-order valence-electron chi connectivity index (χ4n) is 2.21. The minimum absolute atomic E-state index is 0.186. The van der Waals surface area contributed by atoms with Crippen LogP contribution in [0.2, 0.25) is 0 Å². The summed E-state index contributed by atoms with van der Waals surface area (Å²) in [5, 5.41) is 5.48. The maximum atomic E-state index is 12.7. The molecule has 0 aliphatic heterocycles. The molecule has 2 heterocycles. The van der Waals surface area contributed by atoms with Gasteiger partial charge in [-0.3, -0.25) is 4.79 Å². The number of alkyl halides is 3. The fourth-order valence-corrected chi connectivity index (χ4v) is 2.21. The number of furan rings is 1. The number of carbonyl (C=O) groups excluding carboxylic acids is 1. The summed E-state index contributed by atoms with van der Waals surface area (Å²) in [5.41, 5.74) is 0.180. The lowest BCUT2D eigenvalue weighted by Crippen LogP contribution is -2.23. The zero-order valence-corrected chi connectivity index (χ0v) is 13.4. The molecule has 3 aromatic rings. The molecule has 0 fully saturated rings. The first-order valence-electron chi connectivity index (χ1n) is 7.63. The summed E-state index contributed by atoms with van der Waals surface area (Å²) in [6.07, 6.45) is -1.53. The first kappa shape index (κ1) is 17.5. The van der Waals surface area contributed by atoms with Crippen molar-refractivity contribution < 1.29 is 22.4 Å². The van der Waals surface area contributed by atoms with Crippen LogP contribution in [0.4, 0.5) is 24.5 Å². The van der Waals surface area contributed by atoms with Crippen LogP contribution in [0, 0.1) is 0 Å². The van der Waals surface area contributed by atoms with Crippen LogP contribution in [0.1, 0.15) is 21.8 Å². The van der Waals surface area contributed by atoms with E-state index in [4.69, 9.17) is 4.42 Å². The zero-order valence-electron chi connectivity index (χ0n) is 13.4. The number of carbonyl (C=O) groups is 1. The second-order valence-corrected chi connectivity index (χ2v) is 5.40. The van der Waals surface area contributed by atoms with Gasteiger partial charge in [0, 0.05) is 5.69 Å². The summed E-state index contributed by atoms with van der Waals surface area (Å²) in [6.45, 7) is 0.234. The van der Waals surface area contributed by atoms with E-state index in [0.717, 1.165) is 12.1 Å². The van der Waals surface area contributed by atoms with Gasteiger partial charge in [-0.05, 0) is 42.5 Å². The molecule has 0 radical (unpaired) electrons. The van der Waals surface area contributed by atoms with Crippen LogP contribution in [0.15, 0.2) is 65.4 Å². The maximum Gasteiger partial charge on any atom is 0.416 e. The monoisotopic (exact) mass is 361 g/mol. The van der Waals surface area contributed by atoms with Crippen LogP contribution in [-0.2, 0) is 12.7 Å². The lowest BCUT2D eigenvalue weighted by Gasteiger charge is -2.10. The van der Waals surface area contributed by atoms with E-state index in [0.29, 0.717) is 11.4 Å². The van der Waals surface area contributed by atoms with Gasteiger partial charge in [0.2, 0.25) is 0 Å². The van der Waals surface area contributed by atoms with Crippen LogP contribution in [0.25, 0.3) is 0 Å². The Kier molecular flexibility index (Phi) is 4.92. The first-order valence-corrected chi connectivity index (χ1v) is 7.63. The van der Waals surface area contributed by atoms with Crippen LogP contribution < -0.4 is 10.6 Å². The average Bonchev–Trinajstić information content (AvgIpc) is 3.13. The van der Waals surface area contributed by atoms with Crippen LogP contribution in [-0.4, -0.2) is 10.9 Å². The number of nitrogens with zero attached hydrogens (tertiary/aromatic N) is 1. The highest BCUT2D eigenvalue weighted by atomic mass is 19.4. The molecule has 0 saturated carbocycles. The number of benzene rings is 1. The molecule has 134 valence electrons. The third-order valence-corrected chi connectivity index (χ3v) is 3.48. The Labute approximate surface area is 146 Å². The topological polar surface area (TPSA) is 67.2 Å². The molecule has 0 bridgehead atoms. The predicted octanol–water partition coefficient (Wildman–Crippen LogP) is 4.37. The first-order chi connectivity index (χ1) is 12.4. The molecule has 2 aromatic heterocycles. The van der Waals surface area contributed by atoms with Gasteiger partial charge in [-0.25, -0.2) is 4.98 Å². The molecule has 0 spiro atoms. The molecule has 2 N–H and O–H groups in total. The van der Waals surface area contributed by atoms with Gasteiger partial charge >= 0.3 is 6.18 Å². The molecule has 1 amide bonds. The second kappa shape index (κ2) is 7.30. The maximum absolute atomic E-state index is 12.7. The summed E-state index contributed by atoms with van der Waals surface area (Å²) in [5.74, 6) is 0.230. The van der Waals surface area contributed by atoms with Gasteiger partial charge in [0.1, 0.15) is 11.5 Å². The van der Waals surface area contributed by atoms with E-state index in [1.807, 2.05) is 0 Å². The van der Waals surface area contributed by atoms with E-state index in [-0.39, 0.29) is 23.8 Å². The Morgan fingerprint density at radius 2 is 1.92 bits per heavy atom. The molecule has 3 rings (SSSR count). The van der Waals surface area contributed by atoms with Crippen molar-refractivity contribution in [2.45, 2.75) is 12.7 Å². The summed E-state index contributed by atoms with van der Waals surface area (Å²) in [6, 6.07) is 11.3. The van der Waals surface area contributed by atoms with E-state index in [1.54, 1.807) is 18.2 Å². The number of pyridine rings is 1. The van der Waals surface area contributed by atoms with E-state index in [1.165, 1.54) is 30.7 Å². The number of aromatic nitrogens is 1. The molecule has 8 heteroatoms. The molecule has 0 saturated heterocycles. The summed E-state index contributed by atoms with van der Waals surface area (Å²) in [7, 11) is 0. The molecular weight excluding hydrogens is 347 g/mol. The Hall–Kier alpha value is -3.29. The smallest absolute Gasteiger partial charge is 0.416 e. The van der Waals surface area contributed by atoms with Crippen molar-refractivity contribution in [3.8, 4) is 0 Å². The SMILES string of the molecule is O=C(NCc1ccco1)c1ccc(Nc2cccc(C(F)(F)F)c2)cn1. The minimum atomic E-state index is -4.41. The summed E-state index contributed by atoms with van der Waals surface area (Å²) in [4.78, 5) is 16.0. The number of amides is 1. The van der Waals surface area contributed by atoms with Gasteiger partial charge < -0.3 is 15.1 Å². The number of nitrogens with one attached hydrogen (secondary N) is 2. The van der Waals surface area contributed by atoms with E-state index >= 15 is 0 Å². The average molecular weight is 361 g/mol. The van der Waals surface area contributed by atoms with Gasteiger partial charge in [0.05, 0.1) is 30.3 Å². The molecule has 5 nitrogen and oxygen atoms in total. The fraction of sp³-hybridized carbons (Fsp3) is 0.111. The Morgan fingerprint density at radius 1 is 1.08 bits per heavy atom. The van der Waals surface area contributed by atoms with E-state index in [9.17, 15) is 18.0 Å². The highest BCUT2D eigenvalue weighted by Crippen LogP contribution is 2.31. The van der Waals surface area contributed by atoms with Gasteiger partial charge in [0.15, 0.2) is 0 Å². The third kappa shape index (κ3) is 4.41. The number of hydrogen-bond donors (Lipinski definition) is 2. The molecule has 1 aromatic carbocycles. The van der Waals surface area contributed by atoms with Gasteiger partial charge in [0.25, 0.3) is 5.91 Å². The molecule has 0 aliphatic carbocycles. The standard InChI is InChI=1S/C18H14F3N3O2/c19-18(20,21)12-3-1-4-13(9-12)24-14-6-7-16(22-10-14)17(25)23-11-15-5-2-8-26-15/h1-10,24H,11H2,(H,23,25). The molecule has 26 heavy (non-hydrogen) atoms. The van der Waals surface area contributed by atoms with Crippen molar-refractivity contribution in [2.75, 3.05) is 5.32 Å². The molecule has 0 atom stereocenters. The zero-order chi connectivity index (χ0) is 18.6. The number of halogens is 3. The Bertz CT molecular complexity index is 875. The molecule has 0 aliphatic rings. The minimum Gasteiger partial charge on any atom is -0.467 e. The second-order valence-electron chi connectivity index (χ2n) is 5.40. The number of hydrogen-bond acceptors (Lipinski definition) is 4. The van der Waals surface area contributed by atoms with Crippen LogP contribution in [0.5, 0.6) is 0 Å². The summed E-state index contributed by atoms with van der Waals surface area (Å²) < 4.78 is 43.3. The van der Waals surface area contributed by atoms with Crippen molar-refractivity contribution in [2.24, 2.45) is 0 Å². The lowest BCUT2D eigenvalue weighted by molar-refractivity contribution is -0.137. The Morgan fingerprint density at radius 3 is 2.58 bits per heavy atom. The van der Waals surface area contributed by atoms with E-state index < -0.39 is 11.7 Å². The van der Waals surface area contributed by atoms with Crippen LogP contribution >= 0.6 is 0 Å². The van der Waals surface area contributed by atoms with Crippen molar-refractivity contribution >= 4 is 17.3 Å². The van der Waals surface area contributed by atoms with E-state index in [2.05, 4.69) is 15.6 Å². The van der Waals surface area contributed by atoms with Crippen molar-refractivity contribution in [1.29, 1.82) is 0 Å². The highest BCUT2D eigenvalue weighted by Gasteiger charge is 2.30. The highest BCUT2D eigenvalue weighted by molar-refractivity contribution is 5.92. The number of rotatable bonds is 5. The van der Waals surface area contributed by atoms with Crippen molar-refractivity contribution in [3.05, 3.63) is 78.0 Å².